The summed E-state index contributed by atoms with van der Waals surface area (Å²) in [7, 11) is 0. The van der Waals surface area contributed by atoms with E-state index in [0.717, 1.165) is 16.7 Å². The summed E-state index contributed by atoms with van der Waals surface area (Å²) >= 11 is 0. The number of nitrogens with one attached hydrogen (secondary N) is 8. The van der Waals surface area contributed by atoms with Crippen LogP contribution in [-0.4, -0.2) is 163 Å². The summed E-state index contributed by atoms with van der Waals surface area (Å²) in [6.07, 6.45) is 3.19. The zero-order valence-electron chi connectivity index (χ0n) is 52.1. The van der Waals surface area contributed by atoms with Gasteiger partial charge in [-0.1, -0.05) is 71.4 Å². The second kappa shape index (κ2) is 37.9. The van der Waals surface area contributed by atoms with Gasteiger partial charge in [0.2, 0.25) is 59.1 Å². The van der Waals surface area contributed by atoms with Gasteiger partial charge in [0, 0.05) is 32.0 Å². The molecule has 88 heavy (non-hydrogen) atoms. The molecule has 0 radical (unpaired) electrons. The van der Waals surface area contributed by atoms with Crippen LogP contribution in [0.15, 0.2) is 52.4 Å². The lowest BCUT2D eigenvalue weighted by Gasteiger charge is -2.32. The fraction of sp³-hybridized carbons (Fsp3) is 0.600. The quantitative estimate of drug-likeness (QED) is 0.0204. The van der Waals surface area contributed by atoms with E-state index >= 15 is 0 Å². The van der Waals surface area contributed by atoms with E-state index < -0.39 is 126 Å². The Balaban J connectivity index is 1.85. The molecule has 0 unspecified atom stereocenters. The molecule has 0 aromatic heterocycles. The molecule has 1 heterocycles. The van der Waals surface area contributed by atoms with Crippen LogP contribution < -0.4 is 76.9 Å². The zero-order chi connectivity index (χ0) is 65.6. The van der Waals surface area contributed by atoms with Gasteiger partial charge in [0.25, 0.3) is 0 Å². The van der Waals surface area contributed by atoms with Gasteiger partial charge in [-0.15, -0.1) is 0 Å². The van der Waals surface area contributed by atoms with E-state index in [4.69, 9.17) is 34.4 Å². The molecule has 1 fully saturated rings. The number of unbranched alkanes of at least 4 members (excludes halogenated alkanes) is 1. The molecular formula is C60H97N17O11. The number of aryl methyl sites for hydroxylation is 2. The number of guanidine groups is 2. The number of carbonyl (C=O) groups excluding carboxylic acids is 10. The molecule has 28 nitrogen and oxygen atoms in total. The summed E-state index contributed by atoms with van der Waals surface area (Å²) in [5.41, 5.74) is 36.8. The van der Waals surface area contributed by atoms with Gasteiger partial charge >= 0.3 is 0 Å². The van der Waals surface area contributed by atoms with E-state index in [1.807, 2.05) is 27.7 Å². The number of likely N-dealkylation sites (tertiary alicyclic amines) is 1. The molecule has 10 amide bonds. The molecule has 1 aliphatic rings. The lowest BCUT2D eigenvalue weighted by atomic mass is 9.93. The summed E-state index contributed by atoms with van der Waals surface area (Å²) in [5, 5.41) is 31.5. The third-order valence-electron chi connectivity index (χ3n) is 15.2. The third kappa shape index (κ3) is 25.8. The number of hydrogen-bond acceptors (Lipinski definition) is 14. The number of aromatic hydroxyl groups is 1. The van der Waals surface area contributed by atoms with Crippen LogP contribution in [0.1, 0.15) is 128 Å². The number of phenolic OH excluding ortho intramolecular Hbond substituents is 1. The molecule has 2 aromatic carbocycles. The molecule has 0 saturated carbocycles. The molecule has 0 bridgehead atoms. The SMILES string of the molecule is CC[C@H](C)[C@H](NC(=O)[C@H](CCCN=C(N)N)NC(=O)[C@H](CC(C)C)NC(=O)[C@H](Cc1ccccc1)NC(=O)CNC(=O)CNC(=O)[C@@H](C)Cc1c(C)cc(O)cc1C)C(=O)N[C@@H](CCCN=C(N)N)C(=O)N1CCC[C@H]1C(=O)N[C@@H](CCCCN)C(N)=O. The number of aliphatic imine (C=N–C) groups is 2. The van der Waals surface area contributed by atoms with E-state index in [-0.39, 0.29) is 94.6 Å². The minimum Gasteiger partial charge on any atom is -0.508 e. The maximum absolute atomic E-state index is 14.6. The molecule has 28 heteroatoms. The first kappa shape index (κ1) is 73.7. The fourth-order valence-electron chi connectivity index (χ4n) is 10.1. The Labute approximate surface area is 515 Å². The highest BCUT2D eigenvalue weighted by molar-refractivity contribution is 5.98. The predicted molar refractivity (Wildman–Crippen MR) is 334 cm³/mol. The largest absolute Gasteiger partial charge is 0.508 e. The normalized spacial score (nSPS) is 15.5. The monoisotopic (exact) mass is 1230 g/mol. The predicted octanol–water partition coefficient (Wildman–Crippen LogP) is -1.62. The fourth-order valence-corrected chi connectivity index (χ4v) is 10.1. The maximum atomic E-state index is 14.6. The van der Waals surface area contributed by atoms with Crippen molar-refractivity contribution in [3.8, 4) is 5.75 Å². The van der Waals surface area contributed by atoms with Crippen molar-refractivity contribution < 1.29 is 53.1 Å². The number of benzene rings is 2. The zero-order valence-corrected chi connectivity index (χ0v) is 52.1. The average molecular weight is 1230 g/mol. The van der Waals surface area contributed by atoms with Crippen LogP contribution in [0.4, 0.5) is 0 Å². The summed E-state index contributed by atoms with van der Waals surface area (Å²) in [4.78, 5) is 147. The topological polar surface area (TPSA) is 471 Å². The van der Waals surface area contributed by atoms with Crippen molar-refractivity contribution in [2.24, 2.45) is 62.1 Å². The van der Waals surface area contributed by atoms with Gasteiger partial charge in [-0.25, -0.2) is 0 Å². The van der Waals surface area contributed by atoms with Crippen LogP contribution in [0.2, 0.25) is 0 Å². The maximum Gasteiger partial charge on any atom is 0.245 e. The van der Waals surface area contributed by atoms with Crippen LogP contribution >= 0.6 is 0 Å². The minimum atomic E-state index is -1.35. The number of nitrogens with two attached hydrogens (primary N) is 6. The number of hydrogen-bond donors (Lipinski definition) is 15. The summed E-state index contributed by atoms with van der Waals surface area (Å²) in [5.74, 6) is -8.39. The highest BCUT2D eigenvalue weighted by atomic mass is 16.3. The molecule has 3 rings (SSSR count). The van der Waals surface area contributed by atoms with Crippen molar-refractivity contribution in [2.75, 3.05) is 39.3 Å². The number of nitrogens with zero attached hydrogens (tertiary/aromatic N) is 3. The number of primary amides is 1. The second-order valence-electron chi connectivity index (χ2n) is 23.0. The molecule has 9 atom stereocenters. The van der Waals surface area contributed by atoms with E-state index in [1.165, 1.54) is 4.90 Å². The van der Waals surface area contributed by atoms with Gasteiger partial charge in [-0.3, -0.25) is 57.9 Å². The van der Waals surface area contributed by atoms with Gasteiger partial charge in [0.15, 0.2) is 11.9 Å². The standard InChI is InChI=1S/C60H97N17O11/c1-8-35(4)50(57(87)74-44(21-15-25-68-60(65)66)58(88)77-26-16-22-47(77)56(86)72-42(51(62)81)19-12-13-23-61)76-53(83)43(20-14-24-67-59(63)64)73-54(84)45(27-34(2)3)75-55(85)46(31-39-17-10-9-11-18-39)71-49(80)33-69-48(79)32-70-52(82)38(7)30-41-36(5)28-40(78)29-37(41)6/h9-11,17-18,28-29,34-35,38,42-47,50,78H,8,12-16,19-27,30-33,61H2,1-7H3,(H2,62,81)(H,69,79)(H,70,82)(H,71,80)(H,72,86)(H,73,84)(H,74,87)(H,75,85)(H,76,83)(H4,63,64,67)(H4,65,66,68)/t35-,38-,42-,43-,44-,45-,46-,47-,50-/m0/s1. The third-order valence-corrected chi connectivity index (χ3v) is 15.2. The summed E-state index contributed by atoms with van der Waals surface area (Å²) in [6.45, 7) is 12.2. The summed E-state index contributed by atoms with van der Waals surface area (Å²) < 4.78 is 0. The average Bonchev–Trinajstić information content (AvgIpc) is 3.29. The lowest BCUT2D eigenvalue weighted by Crippen LogP contribution is -2.61. The molecular weight excluding hydrogens is 1130 g/mol. The molecule has 1 aliphatic heterocycles. The van der Waals surface area contributed by atoms with Crippen molar-refractivity contribution in [3.05, 3.63) is 64.7 Å². The molecule has 0 aliphatic carbocycles. The van der Waals surface area contributed by atoms with Gasteiger partial charge < -0.3 is 86.9 Å². The molecule has 21 N–H and O–H groups in total. The second-order valence-corrected chi connectivity index (χ2v) is 23.0. The Kier molecular flexibility index (Phi) is 31.7. The Hall–Kier alpha value is -8.56. The van der Waals surface area contributed by atoms with E-state index in [1.54, 1.807) is 63.2 Å². The van der Waals surface area contributed by atoms with Crippen molar-refractivity contribution in [1.82, 2.24) is 47.4 Å². The van der Waals surface area contributed by atoms with Crippen molar-refractivity contribution in [1.29, 1.82) is 0 Å². The van der Waals surface area contributed by atoms with Gasteiger partial charge in [0.1, 0.15) is 48.0 Å². The smallest absolute Gasteiger partial charge is 0.245 e. The van der Waals surface area contributed by atoms with Crippen LogP contribution in [0, 0.1) is 31.6 Å². The van der Waals surface area contributed by atoms with Crippen molar-refractivity contribution in [2.45, 2.75) is 174 Å². The Morgan fingerprint density at radius 1 is 0.625 bits per heavy atom. The molecule has 2 aromatic rings. The number of amides is 10. The minimum absolute atomic E-state index is 0.0143. The first-order chi connectivity index (χ1) is 41.6. The van der Waals surface area contributed by atoms with Gasteiger partial charge in [-0.2, -0.15) is 0 Å². The number of carbonyl (C=O) groups is 10. The van der Waals surface area contributed by atoms with Crippen molar-refractivity contribution >= 4 is 71.0 Å². The van der Waals surface area contributed by atoms with Crippen LogP contribution in [0.5, 0.6) is 5.75 Å². The molecule has 488 valence electrons. The van der Waals surface area contributed by atoms with E-state index in [0.29, 0.717) is 44.2 Å². The van der Waals surface area contributed by atoms with E-state index in [2.05, 4.69) is 52.5 Å². The van der Waals surface area contributed by atoms with Gasteiger partial charge in [-0.05, 0) is 137 Å². The molecule has 0 spiro atoms. The summed E-state index contributed by atoms with van der Waals surface area (Å²) in [6, 6.07) is 3.54. The lowest BCUT2D eigenvalue weighted by molar-refractivity contribution is -0.142. The Morgan fingerprint density at radius 3 is 1.76 bits per heavy atom. The Morgan fingerprint density at radius 2 is 1.18 bits per heavy atom. The first-order valence-electron chi connectivity index (χ1n) is 30.2. The molecule has 1 saturated heterocycles. The van der Waals surface area contributed by atoms with Crippen LogP contribution in [-0.2, 0) is 60.8 Å². The van der Waals surface area contributed by atoms with Crippen molar-refractivity contribution in [3.63, 3.8) is 0 Å². The number of phenols is 1. The highest BCUT2D eigenvalue weighted by Gasteiger charge is 2.40. The van der Waals surface area contributed by atoms with Gasteiger partial charge in [0.05, 0.1) is 13.1 Å². The van der Waals surface area contributed by atoms with Crippen LogP contribution in [0.25, 0.3) is 0 Å². The van der Waals surface area contributed by atoms with E-state index in [9.17, 15) is 53.1 Å². The first-order valence-corrected chi connectivity index (χ1v) is 30.2. The number of rotatable bonds is 38. The van der Waals surface area contributed by atoms with Crippen LogP contribution in [0.3, 0.4) is 0 Å². The Bertz CT molecular complexity index is 2710. The highest BCUT2D eigenvalue weighted by Crippen LogP contribution is 2.24.